The van der Waals surface area contributed by atoms with Crippen molar-refractivity contribution in [2.75, 3.05) is 18.5 Å². The van der Waals surface area contributed by atoms with Crippen molar-refractivity contribution in [1.29, 1.82) is 0 Å². The molecule has 1 amide bonds. The highest BCUT2D eigenvalue weighted by molar-refractivity contribution is 6.02. The van der Waals surface area contributed by atoms with E-state index in [0.29, 0.717) is 6.54 Å². The van der Waals surface area contributed by atoms with E-state index >= 15 is 4.39 Å². The van der Waals surface area contributed by atoms with Crippen LogP contribution < -0.4 is 10.1 Å². The van der Waals surface area contributed by atoms with Crippen LogP contribution in [0.3, 0.4) is 0 Å². The van der Waals surface area contributed by atoms with Gasteiger partial charge < -0.3 is 19.7 Å². The number of hydrogen-bond acceptors (Lipinski definition) is 3. The number of amides is 1. The van der Waals surface area contributed by atoms with Gasteiger partial charge in [-0.05, 0) is 55.0 Å². The molecule has 3 aromatic rings. The first-order chi connectivity index (χ1) is 15.7. The molecule has 0 spiro atoms. The topological polar surface area (TPSA) is 63.5 Å². The molecule has 1 saturated carbocycles. The van der Waals surface area contributed by atoms with Gasteiger partial charge in [0.25, 0.3) is 0 Å². The van der Waals surface area contributed by atoms with Crippen molar-refractivity contribution in [2.45, 2.75) is 63.8 Å². The number of benzene rings is 2. The lowest BCUT2D eigenvalue weighted by atomic mass is 9.91. The Labute approximate surface area is 193 Å². The van der Waals surface area contributed by atoms with Crippen LogP contribution in [0, 0.1) is 5.82 Å². The summed E-state index contributed by atoms with van der Waals surface area (Å²) in [5.74, 6) is 0.270. The fourth-order valence-corrected chi connectivity index (χ4v) is 5.01. The number of nitrogens with zero attached hydrogens (tertiary/aromatic N) is 1. The lowest BCUT2D eigenvalue weighted by molar-refractivity contribution is -0.118. The van der Waals surface area contributed by atoms with Crippen LogP contribution in [0.25, 0.3) is 10.9 Å². The number of nitrogens with one attached hydrogen (secondary N) is 1. The molecule has 0 radical (unpaired) electrons. The van der Waals surface area contributed by atoms with Crippen LogP contribution in [-0.4, -0.2) is 28.8 Å². The maximum absolute atomic E-state index is 15.1. The summed E-state index contributed by atoms with van der Waals surface area (Å²) < 4.78 is 22.8. The van der Waals surface area contributed by atoms with Crippen molar-refractivity contribution >= 4 is 22.5 Å². The van der Waals surface area contributed by atoms with Gasteiger partial charge >= 0.3 is 0 Å². The summed E-state index contributed by atoms with van der Waals surface area (Å²) in [6, 6.07) is 11.2. The minimum Gasteiger partial charge on any atom is -0.493 e. The summed E-state index contributed by atoms with van der Waals surface area (Å²) in [5, 5.41) is 13.3. The molecule has 6 heteroatoms. The second kappa shape index (κ2) is 7.87. The van der Waals surface area contributed by atoms with Crippen LogP contribution >= 0.6 is 0 Å². The summed E-state index contributed by atoms with van der Waals surface area (Å²) >= 11 is 0. The molecule has 5 nitrogen and oxygen atoms in total. The molecule has 0 saturated heterocycles. The van der Waals surface area contributed by atoms with E-state index < -0.39 is 11.2 Å². The van der Waals surface area contributed by atoms with Gasteiger partial charge in [0.05, 0.1) is 29.8 Å². The lowest BCUT2D eigenvalue weighted by Crippen LogP contribution is -2.28. The highest BCUT2D eigenvalue weighted by Crippen LogP contribution is 2.50. The van der Waals surface area contributed by atoms with Gasteiger partial charge in [-0.25, -0.2) is 4.39 Å². The zero-order valence-corrected chi connectivity index (χ0v) is 19.5. The molecule has 1 aliphatic carbocycles. The first-order valence-corrected chi connectivity index (χ1v) is 11.7. The maximum Gasteiger partial charge on any atom is 0.235 e. The van der Waals surface area contributed by atoms with Gasteiger partial charge in [0, 0.05) is 29.1 Å². The van der Waals surface area contributed by atoms with Gasteiger partial charge in [-0.15, -0.1) is 0 Å². The largest absolute Gasteiger partial charge is 0.493 e. The number of aliphatic hydroxyl groups is 1. The number of hydrogen-bond donors (Lipinski definition) is 2. The lowest BCUT2D eigenvalue weighted by Gasteiger charge is -2.22. The number of halogens is 1. The third kappa shape index (κ3) is 3.80. The van der Waals surface area contributed by atoms with Crippen molar-refractivity contribution in [3.05, 3.63) is 59.0 Å². The Morgan fingerprint density at radius 3 is 2.70 bits per heavy atom. The SMILES string of the molecule is CC(C)(C)c1cc2cc(NC(=O)C3(c4ccc5c(c4)CCCO5)CC3)c(F)cc2n1CCO. The van der Waals surface area contributed by atoms with E-state index in [1.54, 1.807) is 6.07 Å². The fraction of sp³-hybridized carbons (Fsp3) is 0.444. The Balaban J connectivity index is 1.46. The highest BCUT2D eigenvalue weighted by atomic mass is 19.1. The molecule has 1 fully saturated rings. The average molecular weight is 451 g/mol. The van der Waals surface area contributed by atoms with Crippen molar-refractivity contribution < 1.29 is 19.0 Å². The monoisotopic (exact) mass is 450 g/mol. The number of aryl methyl sites for hydroxylation is 1. The van der Waals surface area contributed by atoms with Crippen LogP contribution in [0.1, 0.15) is 56.9 Å². The quantitative estimate of drug-likeness (QED) is 0.571. The summed E-state index contributed by atoms with van der Waals surface area (Å²) in [4.78, 5) is 13.3. The molecule has 1 aromatic heterocycles. The van der Waals surface area contributed by atoms with E-state index in [4.69, 9.17) is 4.74 Å². The number of aliphatic hydroxyl groups excluding tert-OH is 1. The molecule has 0 unspecified atom stereocenters. The van der Waals surface area contributed by atoms with E-state index in [1.807, 2.05) is 22.8 Å². The third-order valence-electron chi connectivity index (χ3n) is 6.98. The van der Waals surface area contributed by atoms with Crippen LogP contribution in [0.15, 0.2) is 36.4 Å². The van der Waals surface area contributed by atoms with Gasteiger partial charge in [0.2, 0.25) is 5.91 Å². The normalized spacial score (nSPS) is 16.9. The molecular formula is C27H31FN2O3. The molecular weight excluding hydrogens is 419 g/mol. The summed E-state index contributed by atoms with van der Waals surface area (Å²) in [6.07, 6.45) is 3.44. The van der Waals surface area contributed by atoms with Gasteiger partial charge in [-0.1, -0.05) is 32.9 Å². The number of anilines is 1. The van der Waals surface area contributed by atoms with Gasteiger partial charge in [-0.2, -0.15) is 0 Å². The predicted octanol–water partition coefficient (Wildman–Crippen LogP) is 5.07. The van der Waals surface area contributed by atoms with E-state index in [1.165, 1.54) is 6.07 Å². The maximum atomic E-state index is 15.1. The second-order valence-corrected chi connectivity index (χ2v) is 10.4. The van der Waals surface area contributed by atoms with Crippen molar-refractivity contribution in [3.63, 3.8) is 0 Å². The number of aromatic nitrogens is 1. The molecule has 174 valence electrons. The minimum absolute atomic E-state index is 0.0265. The summed E-state index contributed by atoms with van der Waals surface area (Å²) in [5.41, 5.74) is 3.29. The van der Waals surface area contributed by atoms with Crippen LogP contribution in [-0.2, 0) is 28.6 Å². The van der Waals surface area contributed by atoms with Crippen LogP contribution in [0.2, 0.25) is 0 Å². The van der Waals surface area contributed by atoms with Gasteiger partial charge in [-0.3, -0.25) is 4.79 Å². The summed E-state index contributed by atoms with van der Waals surface area (Å²) in [6.45, 7) is 7.38. The molecule has 33 heavy (non-hydrogen) atoms. The highest BCUT2D eigenvalue weighted by Gasteiger charge is 2.51. The number of carbonyl (C=O) groups excluding carboxylic acids is 1. The van der Waals surface area contributed by atoms with E-state index in [2.05, 4.69) is 32.2 Å². The summed E-state index contributed by atoms with van der Waals surface area (Å²) in [7, 11) is 0. The van der Waals surface area contributed by atoms with Crippen molar-refractivity contribution in [2.24, 2.45) is 0 Å². The van der Waals surface area contributed by atoms with E-state index in [0.717, 1.165) is 65.8 Å². The standard InChI is InChI=1S/C27H31FN2O3/c1-26(2,3)24-15-18-14-21(20(28)16-22(18)30(24)10-11-31)29-25(32)27(8-9-27)19-6-7-23-17(13-19)5-4-12-33-23/h6-7,13-16,31H,4-5,8-12H2,1-3H3,(H,29,32). The third-order valence-corrected chi connectivity index (χ3v) is 6.98. The Morgan fingerprint density at radius 2 is 2.00 bits per heavy atom. The average Bonchev–Trinajstić information content (AvgIpc) is 3.52. The molecule has 1 aliphatic heterocycles. The zero-order chi connectivity index (χ0) is 23.4. The zero-order valence-electron chi connectivity index (χ0n) is 19.5. The molecule has 2 N–H and O–H groups in total. The van der Waals surface area contributed by atoms with Crippen LogP contribution in [0.5, 0.6) is 5.75 Å². The first kappa shape index (κ1) is 22.0. The molecule has 2 aliphatic rings. The van der Waals surface area contributed by atoms with E-state index in [9.17, 15) is 9.90 Å². The van der Waals surface area contributed by atoms with Gasteiger partial charge in [0.15, 0.2) is 0 Å². The van der Waals surface area contributed by atoms with Crippen molar-refractivity contribution in [1.82, 2.24) is 4.57 Å². The Kier molecular flexibility index (Phi) is 5.24. The molecule has 0 bridgehead atoms. The van der Waals surface area contributed by atoms with Crippen LogP contribution in [0.4, 0.5) is 10.1 Å². The predicted molar refractivity (Wildman–Crippen MR) is 127 cm³/mol. The number of ether oxygens (including phenoxy) is 1. The Morgan fingerprint density at radius 1 is 1.21 bits per heavy atom. The fourth-order valence-electron chi connectivity index (χ4n) is 5.01. The van der Waals surface area contributed by atoms with Crippen molar-refractivity contribution in [3.8, 4) is 5.75 Å². The molecule has 2 aromatic carbocycles. The molecule has 5 rings (SSSR count). The van der Waals surface area contributed by atoms with Gasteiger partial charge in [0.1, 0.15) is 11.6 Å². The van der Waals surface area contributed by atoms with E-state index in [-0.39, 0.29) is 23.6 Å². The Bertz CT molecular complexity index is 1230. The first-order valence-electron chi connectivity index (χ1n) is 11.7. The Hall–Kier alpha value is -2.86. The smallest absolute Gasteiger partial charge is 0.235 e. The number of fused-ring (bicyclic) bond motifs is 2. The molecule has 0 atom stereocenters. The molecule has 2 heterocycles. The second-order valence-electron chi connectivity index (χ2n) is 10.4. The number of rotatable bonds is 5. The minimum atomic E-state index is -0.604. The number of carbonyl (C=O) groups is 1.